The minimum Gasteiger partial charge on any atom is -0.454 e. The van der Waals surface area contributed by atoms with Crippen LogP contribution in [0.3, 0.4) is 0 Å². The van der Waals surface area contributed by atoms with Gasteiger partial charge in [-0.05, 0) is 43.0 Å². The van der Waals surface area contributed by atoms with Crippen molar-refractivity contribution in [2.24, 2.45) is 0 Å². The third-order valence-electron chi connectivity index (χ3n) is 5.91. The molecule has 1 aromatic heterocycles. The lowest BCUT2D eigenvalue weighted by molar-refractivity contribution is -0.123. The van der Waals surface area contributed by atoms with Gasteiger partial charge in [-0.15, -0.1) is 0 Å². The van der Waals surface area contributed by atoms with Crippen LogP contribution in [0.5, 0.6) is 11.5 Å². The summed E-state index contributed by atoms with van der Waals surface area (Å²) in [5, 5.41) is 3.48. The first-order valence-electron chi connectivity index (χ1n) is 11.0. The molecule has 0 unspecified atom stereocenters. The number of carbonyl (C=O) groups is 3. The van der Waals surface area contributed by atoms with Crippen LogP contribution < -0.4 is 14.8 Å². The van der Waals surface area contributed by atoms with E-state index >= 15 is 0 Å². The minimum atomic E-state index is -0.339. The second kappa shape index (κ2) is 9.47. The van der Waals surface area contributed by atoms with E-state index < -0.39 is 0 Å². The Morgan fingerprint density at radius 2 is 1.97 bits per heavy atom. The lowest BCUT2D eigenvalue weighted by Crippen LogP contribution is -2.31. The van der Waals surface area contributed by atoms with Gasteiger partial charge in [0.1, 0.15) is 6.54 Å². The zero-order valence-corrected chi connectivity index (χ0v) is 20.0. The largest absolute Gasteiger partial charge is 0.454 e. The van der Waals surface area contributed by atoms with Crippen molar-refractivity contribution in [3.63, 3.8) is 0 Å². The van der Waals surface area contributed by atoms with Gasteiger partial charge in [0.25, 0.3) is 11.1 Å². The molecule has 0 aliphatic carbocycles. The van der Waals surface area contributed by atoms with Crippen LogP contribution in [0.15, 0.2) is 47.4 Å². The molecule has 2 aromatic carbocycles. The van der Waals surface area contributed by atoms with Gasteiger partial charge in [-0.1, -0.05) is 18.2 Å². The van der Waals surface area contributed by atoms with Crippen molar-refractivity contribution in [2.45, 2.75) is 13.5 Å². The van der Waals surface area contributed by atoms with Gasteiger partial charge in [-0.25, -0.2) is 0 Å². The number of hydrogen-bond donors (Lipinski definition) is 1. The smallest absolute Gasteiger partial charge is 0.293 e. The van der Waals surface area contributed by atoms with E-state index in [1.807, 2.05) is 35.8 Å². The molecular weight excluding hydrogens is 470 g/mol. The Morgan fingerprint density at radius 3 is 2.80 bits per heavy atom. The van der Waals surface area contributed by atoms with Crippen molar-refractivity contribution < 1.29 is 28.6 Å². The number of hydrogen-bond acceptors (Lipinski definition) is 7. The minimum absolute atomic E-state index is 0.0734. The first-order chi connectivity index (χ1) is 17.0. The summed E-state index contributed by atoms with van der Waals surface area (Å²) in [5.74, 6) is 0.687. The molecule has 2 aliphatic heterocycles. The van der Waals surface area contributed by atoms with Crippen LogP contribution in [0.1, 0.15) is 11.3 Å². The van der Waals surface area contributed by atoms with Gasteiger partial charge in [0.2, 0.25) is 12.7 Å². The Bertz CT molecular complexity index is 1380. The predicted octanol–water partition coefficient (Wildman–Crippen LogP) is 4.00. The second-order valence-corrected chi connectivity index (χ2v) is 9.04. The lowest BCUT2D eigenvalue weighted by atomic mass is 10.1. The third-order valence-corrected chi connectivity index (χ3v) is 6.81. The van der Waals surface area contributed by atoms with Crippen molar-refractivity contribution >= 4 is 51.5 Å². The number of benzene rings is 2. The number of nitrogens with one attached hydrogen (secondary N) is 1. The number of carbonyl (C=O) groups excluding carboxylic acids is 3. The Kier molecular flexibility index (Phi) is 6.23. The highest BCUT2D eigenvalue weighted by molar-refractivity contribution is 8.18. The average molecular weight is 494 g/mol. The van der Waals surface area contributed by atoms with Crippen molar-refractivity contribution in [3.8, 4) is 11.5 Å². The first-order valence-corrected chi connectivity index (χ1v) is 11.8. The standard InChI is InChI=1S/C25H23N3O6S/c1-15-18(12-22-24(30)27(9-10-32-2)25(31)35-22)17-5-3-4-6-19(17)28(15)13-23(29)26-16-7-8-20-21(11-16)34-14-33-20/h3-8,11-12H,9-10,13-14H2,1-2H3,(H,26,29)/b22-12-. The van der Waals surface area contributed by atoms with Crippen LogP contribution in [-0.2, 0) is 20.9 Å². The number of methoxy groups -OCH3 is 1. The summed E-state index contributed by atoms with van der Waals surface area (Å²) in [6.07, 6.45) is 1.74. The highest BCUT2D eigenvalue weighted by Crippen LogP contribution is 2.36. The van der Waals surface area contributed by atoms with Crippen LogP contribution in [0.4, 0.5) is 10.5 Å². The lowest BCUT2D eigenvalue weighted by Gasteiger charge is -2.11. The molecule has 10 heteroatoms. The Balaban J connectivity index is 1.42. The zero-order valence-electron chi connectivity index (χ0n) is 19.2. The molecule has 0 atom stereocenters. The molecule has 0 bridgehead atoms. The summed E-state index contributed by atoms with van der Waals surface area (Å²) in [6, 6.07) is 12.9. The highest BCUT2D eigenvalue weighted by atomic mass is 32.2. The molecule has 2 aliphatic rings. The van der Waals surface area contributed by atoms with Crippen LogP contribution in [0.25, 0.3) is 17.0 Å². The zero-order chi connectivity index (χ0) is 24.5. The van der Waals surface area contributed by atoms with E-state index in [1.54, 1.807) is 24.3 Å². The Labute approximate surface area is 205 Å². The van der Waals surface area contributed by atoms with Gasteiger partial charge in [-0.3, -0.25) is 19.3 Å². The molecule has 3 amide bonds. The van der Waals surface area contributed by atoms with Crippen LogP contribution >= 0.6 is 11.8 Å². The number of amides is 3. The normalized spacial score (nSPS) is 16.1. The van der Waals surface area contributed by atoms with Crippen molar-refractivity contribution in [1.82, 2.24) is 9.47 Å². The molecule has 5 rings (SSSR count). The van der Waals surface area contributed by atoms with Gasteiger partial charge < -0.3 is 24.1 Å². The number of nitrogens with zero attached hydrogens (tertiary/aromatic N) is 2. The molecule has 1 fully saturated rings. The summed E-state index contributed by atoms with van der Waals surface area (Å²) in [6.45, 7) is 2.62. The molecule has 3 heterocycles. The monoisotopic (exact) mass is 493 g/mol. The average Bonchev–Trinajstić information content (AvgIpc) is 3.49. The van der Waals surface area contributed by atoms with Crippen LogP contribution in [0.2, 0.25) is 0 Å². The number of thioether (sulfide) groups is 1. The molecule has 1 N–H and O–H groups in total. The SMILES string of the molecule is COCCN1C(=O)S/C(=C\c2c(C)n(CC(=O)Nc3ccc4c(c3)OCO4)c3ccccc23)C1=O. The Hall–Kier alpha value is -3.76. The summed E-state index contributed by atoms with van der Waals surface area (Å²) < 4.78 is 17.6. The Morgan fingerprint density at radius 1 is 1.17 bits per heavy atom. The number of ether oxygens (including phenoxy) is 3. The van der Waals surface area contributed by atoms with Crippen molar-refractivity contribution in [2.75, 3.05) is 32.4 Å². The quantitative estimate of drug-likeness (QED) is 0.497. The van der Waals surface area contributed by atoms with E-state index in [1.165, 1.54) is 12.0 Å². The fourth-order valence-electron chi connectivity index (χ4n) is 4.17. The van der Waals surface area contributed by atoms with E-state index in [0.717, 1.165) is 33.9 Å². The highest BCUT2D eigenvalue weighted by Gasteiger charge is 2.35. The molecule has 0 spiro atoms. The number of imide groups is 1. The fraction of sp³-hybridized carbons (Fsp3) is 0.240. The fourth-order valence-corrected chi connectivity index (χ4v) is 5.02. The van der Waals surface area contributed by atoms with E-state index in [2.05, 4.69) is 5.32 Å². The van der Waals surface area contributed by atoms with Crippen molar-refractivity contribution in [1.29, 1.82) is 0 Å². The molecule has 180 valence electrons. The number of anilines is 1. The van der Waals surface area contributed by atoms with Gasteiger partial charge in [-0.2, -0.15) is 0 Å². The molecular formula is C25H23N3O6S. The number of rotatable bonds is 7. The molecule has 0 radical (unpaired) electrons. The predicted molar refractivity (Wildman–Crippen MR) is 132 cm³/mol. The van der Waals surface area contributed by atoms with Crippen LogP contribution in [-0.4, -0.2) is 53.6 Å². The number of aromatic nitrogens is 1. The van der Waals surface area contributed by atoms with E-state index in [0.29, 0.717) is 22.1 Å². The third kappa shape index (κ3) is 4.38. The molecule has 3 aromatic rings. The topological polar surface area (TPSA) is 99.1 Å². The van der Waals surface area contributed by atoms with Gasteiger partial charge in [0, 0.05) is 41.0 Å². The first kappa shape index (κ1) is 23.0. The molecule has 1 saturated heterocycles. The summed E-state index contributed by atoms with van der Waals surface area (Å²) >= 11 is 0.911. The van der Waals surface area contributed by atoms with E-state index in [-0.39, 0.29) is 43.5 Å². The van der Waals surface area contributed by atoms with E-state index in [4.69, 9.17) is 14.2 Å². The van der Waals surface area contributed by atoms with E-state index in [9.17, 15) is 14.4 Å². The number of para-hydroxylation sites is 1. The van der Waals surface area contributed by atoms with Crippen LogP contribution in [0, 0.1) is 6.92 Å². The number of fused-ring (bicyclic) bond motifs is 2. The summed E-state index contributed by atoms with van der Waals surface area (Å²) in [7, 11) is 1.52. The maximum absolute atomic E-state index is 12.9. The molecule has 35 heavy (non-hydrogen) atoms. The summed E-state index contributed by atoms with van der Waals surface area (Å²) in [4.78, 5) is 39.6. The van der Waals surface area contributed by atoms with Gasteiger partial charge in [0.15, 0.2) is 11.5 Å². The second-order valence-electron chi connectivity index (χ2n) is 8.04. The van der Waals surface area contributed by atoms with Gasteiger partial charge in [0.05, 0.1) is 18.1 Å². The van der Waals surface area contributed by atoms with Gasteiger partial charge >= 0.3 is 0 Å². The van der Waals surface area contributed by atoms with Crippen molar-refractivity contribution in [3.05, 3.63) is 58.6 Å². The molecule has 9 nitrogen and oxygen atoms in total. The maximum atomic E-state index is 12.9. The maximum Gasteiger partial charge on any atom is 0.293 e. The molecule has 0 saturated carbocycles. The summed E-state index contributed by atoms with van der Waals surface area (Å²) in [5.41, 5.74) is 3.08.